The Morgan fingerprint density at radius 2 is 1.15 bits per heavy atom. The zero-order valence-corrected chi connectivity index (χ0v) is 34.8. The number of nitrogens with two attached hydrogens (primary N) is 1. The second-order valence-electron chi connectivity index (χ2n) is 16.3. The highest BCUT2D eigenvalue weighted by Gasteiger charge is 2.48. The first-order chi connectivity index (χ1) is 25.7. The van der Waals surface area contributed by atoms with Crippen molar-refractivity contribution in [3.05, 3.63) is 12.2 Å². The monoisotopic (exact) mass is 752 g/mol. The number of amides is 2. The van der Waals surface area contributed by atoms with Crippen LogP contribution in [0.2, 0.25) is 0 Å². The van der Waals surface area contributed by atoms with Gasteiger partial charge in [0, 0.05) is 13.0 Å². The normalized spacial score (nSPS) is 21.0. The van der Waals surface area contributed by atoms with E-state index in [0.717, 1.165) is 57.8 Å². The maximum absolute atomic E-state index is 13.9. The number of allylic oxidation sites excluding steroid dienone is 2. The molecular weight excluding hydrogens is 666 g/mol. The number of rotatable bonds is 34. The lowest BCUT2D eigenvalue weighted by molar-refractivity contribution is -0.231. The quantitative estimate of drug-likeness (QED) is 0.0326. The lowest BCUT2D eigenvalue weighted by Crippen LogP contribution is -2.69. The van der Waals surface area contributed by atoms with Gasteiger partial charge in [-0.05, 0) is 50.9 Å². The number of nitrogens with one attached hydrogen (secondary N) is 1. The van der Waals surface area contributed by atoms with Crippen LogP contribution < -0.4 is 11.1 Å². The lowest BCUT2D eigenvalue weighted by atomic mass is 9.94. The van der Waals surface area contributed by atoms with Crippen LogP contribution in [-0.2, 0) is 14.3 Å². The number of aliphatic hydroxyl groups is 3. The molecule has 0 aromatic carbocycles. The molecule has 0 aliphatic carbocycles. The summed E-state index contributed by atoms with van der Waals surface area (Å²) in [7, 11) is 0. The summed E-state index contributed by atoms with van der Waals surface area (Å²) in [5.41, 5.74) is 6.18. The van der Waals surface area contributed by atoms with E-state index in [2.05, 4.69) is 31.3 Å². The molecule has 1 aliphatic rings. The van der Waals surface area contributed by atoms with Crippen molar-refractivity contribution in [2.75, 3.05) is 13.2 Å². The van der Waals surface area contributed by atoms with E-state index in [-0.39, 0.29) is 11.8 Å². The van der Waals surface area contributed by atoms with Crippen LogP contribution in [0.25, 0.3) is 0 Å². The van der Waals surface area contributed by atoms with Crippen molar-refractivity contribution in [1.29, 1.82) is 0 Å². The molecule has 0 bridgehead atoms. The van der Waals surface area contributed by atoms with Crippen LogP contribution in [0.3, 0.4) is 0 Å². The summed E-state index contributed by atoms with van der Waals surface area (Å²) >= 11 is 0. The van der Waals surface area contributed by atoms with Gasteiger partial charge in [-0.3, -0.25) is 9.59 Å². The molecule has 2 amide bonds. The third-order valence-electron chi connectivity index (χ3n) is 10.8. The average molecular weight is 752 g/mol. The number of nitrogens with zero attached hydrogens (tertiary/aromatic N) is 1. The minimum atomic E-state index is -1.43. The van der Waals surface area contributed by atoms with Crippen molar-refractivity contribution < 1.29 is 29.6 Å². The van der Waals surface area contributed by atoms with Gasteiger partial charge in [0.15, 0.2) is 6.23 Å². The van der Waals surface area contributed by atoms with Crippen molar-refractivity contribution in [2.45, 2.75) is 238 Å². The van der Waals surface area contributed by atoms with Gasteiger partial charge in [0.05, 0.1) is 12.6 Å². The summed E-state index contributed by atoms with van der Waals surface area (Å²) in [6.07, 6.45) is 30.2. The van der Waals surface area contributed by atoms with E-state index >= 15 is 0 Å². The number of hydrogen-bond acceptors (Lipinski definition) is 7. The van der Waals surface area contributed by atoms with E-state index in [4.69, 9.17) is 10.5 Å². The van der Waals surface area contributed by atoms with Gasteiger partial charge in [-0.15, -0.1) is 0 Å². The number of ether oxygens (including phenoxy) is 1. The number of aliphatic hydroxyl groups excluding tert-OH is 3. The fourth-order valence-electron chi connectivity index (χ4n) is 7.41. The summed E-state index contributed by atoms with van der Waals surface area (Å²) in [5.74, 6) is -0.360. The van der Waals surface area contributed by atoms with Gasteiger partial charge in [-0.2, -0.15) is 0 Å². The number of hydrogen-bond donors (Lipinski definition) is 5. The Balaban J connectivity index is 2.73. The average Bonchev–Trinajstić information content (AvgIpc) is 3.13. The Labute approximate surface area is 325 Å². The van der Waals surface area contributed by atoms with Gasteiger partial charge in [-0.1, -0.05) is 162 Å². The summed E-state index contributed by atoms with van der Waals surface area (Å²) in [6.45, 7) is 8.36. The molecule has 1 fully saturated rings. The predicted molar refractivity (Wildman–Crippen MR) is 219 cm³/mol. The van der Waals surface area contributed by atoms with Gasteiger partial charge in [0.25, 0.3) is 0 Å². The molecule has 1 rings (SSSR count). The van der Waals surface area contributed by atoms with Crippen molar-refractivity contribution in [3.8, 4) is 0 Å². The second-order valence-corrected chi connectivity index (χ2v) is 16.3. The standard InChI is InChI=1S/C44H85N3O6/c1-5-7-9-11-13-15-17-19-20-21-22-24-26-28-30-32-39(49)47(33-31-29-27-25-23-18-16-14-12-10-8-6-2)44-40(42(51)41(50)38(35-48)53-44)46-43(52)37(45)34-36(3)4/h19-20,36-38,40-42,44,48,50-51H,5-18,21-35,45H2,1-4H3,(H,46,52)/b20-19+/t37-,38+,40+,41+,42+,44+/m0/s1. The van der Waals surface area contributed by atoms with Crippen LogP contribution in [0, 0.1) is 5.92 Å². The summed E-state index contributed by atoms with van der Waals surface area (Å²) in [6, 6.07) is -1.87. The first-order valence-corrected chi connectivity index (χ1v) is 22.3. The van der Waals surface area contributed by atoms with E-state index in [1.165, 1.54) is 103 Å². The molecule has 1 heterocycles. The van der Waals surface area contributed by atoms with E-state index in [1.54, 1.807) is 4.90 Å². The zero-order chi connectivity index (χ0) is 39.1. The second kappa shape index (κ2) is 32.7. The van der Waals surface area contributed by atoms with Gasteiger partial charge in [0.2, 0.25) is 11.8 Å². The highest BCUT2D eigenvalue weighted by atomic mass is 16.5. The molecule has 53 heavy (non-hydrogen) atoms. The molecule has 312 valence electrons. The number of carbonyl (C=O) groups is 2. The van der Waals surface area contributed by atoms with E-state index < -0.39 is 49.1 Å². The van der Waals surface area contributed by atoms with Gasteiger partial charge < -0.3 is 36.0 Å². The first kappa shape index (κ1) is 49.5. The summed E-state index contributed by atoms with van der Waals surface area (Å²) in [4.78, 5) is 28.7. The molecule has 0 spiro atoms. The zero-order valence-electron chi connectivity index (χ0n) is 34.8. The van der Waals surface area contributed by atoms with Crippen LogP contribution >= 0.6 is 0 Å². The molecular formula is C44H85N3O6. The Bertz CT molecular complexity index is 918. The lowest BCUT2D eigenvalue weighted by Gasteiger charge is -2.47. The number of unbranched alkanes of at least 4 members (excludes halogenated alkanes) is 22. The Morgan fingerprint density at radius 3 is 1.62 bits per heavy atom. The minimum absolute atomic E-state index is 0.0956. The summed E-state index contributed by atoms with van der Waals surface area (Å²) < 4.78 is 6.15. The maximum atomic E-state index is 13.9. The number of carbonyl (C=O) groups excluding carboxylic acids is 2. The van der Waals surface area contributed by atoms with Crippen LogP contribution in [-0.4, -0.2) is 81.8 Å². The fourth-order valence-corrected chi connectivity index (χ4v) is 7.41. The molecule has 0 aromatic heterocycles. The molecule has 1 aliphatic heterocycles. The van der Waals surface area contributed by atoms with Crippen molar-refractivity contribution in [2.24, 2.45) is 11.7 Å². The molecule has 9 nitrogen and oxygen atoms in total. The van der Waals surface area contributed by atoms with E-state index in [1.807, 2.05) is 13.8 Å². The SMILES string of the molecule is CCCCCCCC/C=C/CCCCCCCC(=O)N(CCCCCCCCCCCCCC)[C@@H]1O[C@H](CO)[C@@H](O)[C@H](O)[C@H]1NC(=O)[C@@H](N)CC(C)C. The highest BCUT2D eigenvalue weighted by molar-refractivity contribution is 5.82. The van der Waals surface area contributed by atoms with Crippen LogP contribution in [0.15, 0.2) is 12.2 Å². The molecule has 0 aromatic rings. The third-order valence-corrected chi connectivity index (χ3v) is 10.8. The van der Waals surface area contributed by atoms with E-state index in [0.29, 0.717) is 19.4 Å². The third kappa shape index (κ3) is 23.2. The van der Waals surface area contributed by atoms with Gasteiger partial charge >= 0.3 is 0 Å². The Hall–Kier alpha value is -1.52. The van der Waals surface area contributed by atoms with Crippen LogP contribution in [0.1, 0.15) is 201 Å². The van der Waals surface area contributed by atoms with Gasteiger partial charge in [0.1, 0.15) is 24.4 Å². The van der Waals surface area contributed by atoms with Crippen molar-refractivity contribution in [1.82, 2.24) is 10.2 Å². The maximum Gasteiger partial charge on any atom is 0.237 e. The smallest absolute Gasteiger partial charge is 0.237 e. The van der Waals surface area contributed by atoms with E-state index in [9.17, 15) is 24.9 Å². The van der Waals surface area contributed by atoms with Crippen molar-refractivity contribution in [3.63, 3.8) is 0 Å². The van der Waals surface area contributed by atoms with Crippen molar-refractivity contribution >= 4 is 11.8 Å². The minimum Gasteiger partial charge on any atom is -0.394 e. The molecule has 0 radical (unpaired) electrons. The molecule has 1 saturated heterocycles. The largest absolute Gasteiger partial charge is 0.394 e. The Morgan fingerprint density at radius 1 is 0.698 bits per heavy atom. The van der Waals surface area contributed by atoms with Gasteiger partial charge in [-0.25, -0.2) is 0 Å². The summed E-state index contributed by atoms with van der Waals surface area (Å²) in [5, 5.41) is 34.8. The molecule has 0 unspecified atom stereocenters. The predicted octanol–water partition coefficient (Wildman–Crippen LogP) is 8.85. The molecule has 6 N–H and O–H groups in total. The van der Waals surface area contributed by atoms with Crippen LogP contribution in [0.4, 0.5) is 0 Å². The highest BCUT2D eigenvalue weighted by Crippen LogP contribution is 2.26. The first-order valence-electron chi connectivity index (χ1n) is 22.3. The Kier molecular flexibility index (Phi) is 30.5. The molecule has 0 saturated carbocycles. The van der Waals surface area contributed by atoms with Crippen LogP contribution in [0.5, 0.6) is 0 Å². The molecule has 9 heteroatoms. The molecule has 6 atom stereocenters. The fraction of sp³-hybridized carbons (Fsp3) is 0.909. The topological polar surface area (TPSA) is 145 Å².